The van der Waals surface area contributed by atoms with Crippen molar-refractivity contribution in [1.82, 2.24) is 9.97 Å². The number of aliphatic hydroxyl groups excluding tert-OH is 1. The Labute approximate surface area is 132 Å². The largest absolute Gasteiger partial charge is 0.396 e. The van der Waals surface area contributed by atoms with Crippen molar-refractivity contribution in [3.8, 4) is 0 Å². The lowest BCUT2D eigenvalue weighted by atomic mass is 9.99. The summed E-state index contributed by atoms with van der Waals surface area (Å²) in [5, 5.41) is 9.39. The van der Waals surface area contributed by atoms with E-state index in [0.29, 0.717) is 5.92 Å². The molecule has 3 atom stereocenters. The van der Waals surface area contributed by atoms with E-state index >= 15 is 0 Å². The Hall–Kier alpha value is -1.40. The first-order chi connectivity index (χ1) is 10.7. The molecule has 1 aromatic heterocycles. The highest BCUT2D eigenvalue weighted by Gasteiger charge is 2.25. The minimum atomic E-state index is 0.218. The molecule has 122 valence electrons. The molecule has 0 bridgehead atoms. The Kier molecular flexibility index (Phi) is 4.78. The monoisotopic (exact) mass is 306 g/mol. The van der Waals surface area contributed by atoms with Crippen molar-refractivity contribution in [3.05, 3.63) is 12.4 Å². The molecule has 2 saturated heterocycles. The molecule has 0 aromatic carbocycles. The first kappa shape index (κ1) is 15.5. The van der Waals surface area contributed by atoms with Crippen molar-refractivity contribution in [2.45, 2.75) is 38.9 Å². The predicted molar refractivity (Wildman–Crippen MR) is 86.3 cm³/mol. The van der Waals surface area contributed by atoms with Crippen LogP contribution >= 0.6 is 0 Å². The first-order valence-corrected chi connectivity index (χ1v) is 8.24. The van der Waals surface area contributed by atoms with Gasteiger partial charge in [-0.1, -0.05) is 0 Å². The molecule has 6 heteroatoms. The van der Waals surface area contributed by atoms with Crippen LogP contribution < -0.4 is 9.80 Å². The van der Waals surface area contributed by atoms with Gasteiger partial charge in [0, 0.05) is 38.9 Å². The molecule has 0 spiro atoms. The lowest BCUT2D eigenvalue weighted by Crippen LogP contribution is -2.46. The van der Waals surface area contributed by atoms with Gasteiger partial charge in [-0.2, -0.15) is 0 Å². The Balaban J connectivity index is 1.74. The summed E-state index contributed by atoms with van der Waals surface area (Å²) in [6, 6.07) is 2.07. The van der Waals surface area contributed by atoms with Crippen molar-refractivity contribution in [2.24, 2.45) is 5.92 Å². The van der Waals surface area contributed by atoms with Crippen LogP contribution in [0.5, 0.6) is 0 Å². The quantitative estimate of drug-likeness (QED) is 0.908. The van der Waals surface area contributed by atoms with Gasteiger partial charge in [-0.3, -0.25) is 0 Å². The fourth-order valence-corrected chi connectivity index (χ4v) is 3.47. The van der Waals surface area contributed by atoms with Crippen molar-refractivity contribution in [2.75, 3.05) is 42.6 Å². The number of morpholine rings is 1. The fraction of sp³-hybridized carbons (Fsp3) is 0.750. The van der Waals surface area contributed by atoms with Crippen LogP contribution in [0.15, 0.2) is 12.4 Å². The molecule has 2 aliphatic heterocycles. The van der Waals surface area contributed by atoms with E-state index < -0.39 is 0 Å². The third kappa shape index (κ3) is 3.50. The Bertz CT molecular complexity index is 489. The summed E-state index contributed by atoms with van der Waals surface area (Å²) in [7, 11) is 0. The molecule has 3 heterocycles. The van der Waals surface area contributed by atoms with Crippen LogP contribution in [0.3, 0.4) is 0 Å². The standard InChI is InChI=1S/C16H26N4O2/c1-12-7-20(8-13(2)22-12)16-6-15(17-11-18-16)19-5-3-4-14(9-19)10-21/h6,11-14,21H,3-5,7-10H2,1-2H3/t12-,13+,14?. The zero-order chi connectivity index (χ0) is 15.5. The van der Waals surface area contributed by atoms with Crippen LogP contribution in [0.1, 0.15) is 26.7 Å². The number of ether oxygens (including phenoxy) is 1. The third-order valence-corrected chi connectivity index (χ3v) is 4.48. The molecule has 3 rings (SSSR count). The van der Waals surface area contributed by atoms with E-state index in [2.05, 4.69) is 39.7 Å². The molecule has 0 radical (unpaired) electrons. The highest BCUT2D eigenvalue weighted by Crippen LogP contribution is 2.25. The predicted octanol–water partition coefficient (Wildman–Crippen LogP) is 1.30. The number of aromatic nitrogens is 2. The maximum absolute atomic E-state index is 9.39. The van der Waals surface area contributed by atoms with Crippen molar-refractivity contribution in [1.29, 1.82) is 0 Å². The van der Waals surface area contributed by atoms with Crippen molar-refractivity contribution in [3.63, 3.8) is 0 Å². The SMILES string of the molecule is C[C@@H]1CN(c2cc(N3CCCC(CO)C3)ncn2)C[C@H](C)O1. The van der Waals surface area contributed by atoms with Crippen LogP contribution in [-0.4, -0.2) is 60.1 Å². The molecule has 6 nitrogen and oxygen atoms in total. The minimum absolute atomic E-state index is 0.218. The average molecular weight is 306 g/mol. The molecule has 2 aliphatic rings. The Morgan fingerprint density at radius 1 is 1.14 bits per heavy atom. The summed E-state index contributed by atoms with van der Waals surface area (Å²) in [6.45, 7) is 8.06. The highest BCUT2D eigenvalue weighted by molar-refractivity contribution is 5.50. The number of hydrogen-bond acceptors (Lipinski definition) is 6. The number of aliphatic hydroxyl groups is 1. The second kappa shape index (κ2) is 6.79. The summed E-state index contributed by atoms with van der Waals surface area (Å²) in [4.78, 5) is 13.4. The van der Waals surface area contributed by atoms with E-state index in [9.17, 15) is 5.11 Å². The highest BCUT2D eigenvalue weighted by atomic mass is 16.5. The molecule has 1 unspecified atom stereocenters. The summed E-state index contributed by atoms with van der Waals surface area (Å²) < 4.78 is 5.79. The van der Waals surface area contributed by atoms with Crippen LogP contribution in [0.4, 0.5) is 11.6 Å². The van der Waals surface area contributed by atoms with E-state index in [1.54, 1.807) is 6.33 Å². The molecule has 2 fully saturated rings. The van der Waals surface area contributed by atoms with Crippen LogP contribution in [0.25, 0.3) is 0 Å². The molecular formula is C16H26N4O2. The van der Waals surface area contributed by atoms with E-state index in [1.807, 2.05) is 0 Å². The van der Waals surface area contributed by atoms with E-state index in [0.717, 1.165) is 50.7 Å². The Morgan fingerprint density at radius 2 is 1.82 bits per heavy atom. The summed E-state index contributed by atoms with van der Waals surface area (Å²) >= 11 is 0. The van der Waals surface area contributed by atoms with Gasteiger partial charge in [0.1, 0.15) is 18.0 Å². The smallest absolute Gasteiger partial charge is 0.134 e. The van der Waals surface area contributed by atoms with Gasteiger partial charge in [-0.15, -0.1) is 0 Å². The van der Waals surface area contributed by atoms with Crippen molar-refractivity contribution < 1.29 is 9.84 Å². The van der Waals surface area contributed by atoms with E-state index in [-0.39, 0.29) is 18.8 Å². The number of anilines is 2. The molecule has 1 aromatic rings. The zero-order valence-corrected chi connectivity index (χ0v) is 13.5. The summed E-state index contributed by atoms with van der Waals surface area (Å²) in [5.74, 6) is 2.30. The van der Waals surface area contributed by atoms with E-state index in [4.69, 9.17) is 4.74 Å². The molecule has 0 saturated carbocycles. The van der Waals surface area contributed by atoms with Gasteiger partial charge in [-0.25, -0.2) is 9.97 Å². The number of piperidine rings is 1. The normalized spacial score (nSPS) is 29.7. The van der Waals surface area contributed by atoms with Gasteiger partial charge < -0.3 is 19.6 Å². The van der Waals surface area contributed by atoms with Gasteiger partial charge >= 0.3 is 0 Å². The van der Waals surface area contributed by atoms with Gasteiger partial charge in [0.2, 0.25) is 0 Å². The number of rotatable bonds is 3. The summed E-state index contributed by atoms with van der Waals surface area (Å²) in [6.07, 6.45) is 4.30. The maximum Gasteiger partial charge on any atom is 0.134 e. The Morgan fingerprint density at radius 3 is 2.50 bits per heavy atom. The van der Waals surface area contributed by atoms with Gasteiger partial charge in [0.15, 0.2) is 0 Å². The topological polar surface area (TPSA) is 61.7 Å². The molecule has 0 aliphatic carbocycles. The lowest BCUT2D eigenvalue weighted by Gasteiger charge is -2.37. The number of nitrogens with zero attached hydrogens (tertiary/aromatic N) is 4. The van der Waals surface area contributed by atoms with Crippen LogP contribution in [-0.2, 0) is 4.74 Å². The van der Waals surface area contributed by atoms with Crippen LogP contribution in [0.2, 0.25) is 0 Å². The lowest BCUT2D eigenvalue weighted by molar-refractivity contribution is -0.00546. The van der Waals surface area contributed by atoms with E-state index in [1.165, 1.54) is 0 Å². The fourth-order valence-electron chi connectivity index (χ4n) is 3.47. The first-order valence-electron chi connectivity index (χ1n) is 8.24. The molecular weight excluding hydrogens is 280 g/mol. The van der Waals surface area contributed by atoms with Gasteiger partial charge in [0.25, 0.3) is 0 Å². The average Bonchev–Trinajstić information content (AvgIpc) is 2.54. The number of hydrogen-bond donors (Lipinski definition) is 1. The van der Waals surface area contributed by atoms with Gasteiger partial charge in [0.05, 0.1) is 12.2 Å². The van der Waals surface area contributed by atoms with Crippen molar-refractivity contribution >= 4 is 11.6 Å². The second-order valence-electron chi connectivity index (χ2n) is 6.53. The minimum Gasteiger partial charge on any atom is -0.396 e. The summed E-state index contributed by atoms with van der Waals surface area (Å²) in [5.41, 5.74) is 0. The third-order valence-electron chi connectivity index (χ3n) is 4.48. The molecule has 1 N–H and O–H groups in total. The zero-order valence-electron chi connectivity index (χ0n) is 13.5. The molecule has 0 amide bonds. The van der Waals surface area contributed by atoms with Gasteiger partial charge in [-0.05, 0) is 32.6 Å². The maximum atomic E-state index is 9.39. The van der Waals surface area contributed by atoms with Crippen LogP contribution in [0, 0.1) is 5.92 Å². The second-order valence-corrected chi connectivity index (χ2v) is 6.53. The molecule has 22 heavy (non-hydrogen) atoms.